The smallest absolute Gasteiger partial charge is 0.0193 e. The fourth-order valence-corrected chi connectivity index (χ4v) is 1.02. The predicted molar refractivity (Wildman–Crippen MR) is 131 cm³/mol. The molecule has 0 spiro atoms. The zero-order valence-corrected chi connectivity index (χ0v) is 14.4. The van der Waals surface area contributed by atoms with Gasteiger partial charge in [0.05, 0.1) is 0 Å². The van der Waals surface area contributed by atoms with Crippen LogP contribution in [0, 0.1) is 5.92 Å². The van der Waals surface area contributed by atoms with Crippen molar-refractivity contribution in [2.45, 2.75) is 125 Å². The highest BCUT2D eigenvalue weighted by molar-refractivity contribution is 5.18. The first-order valence-corrected chi connectivity index (χ1v) is 8.08. The molecule has 0 aliphatic rings. The van der Waals surface area contributed by atoms with Gasteiger partial charge in [-0.15, -0.1) is 0 Å². The van der Waals surface area contributed by atoms with Gasteiger partial charge in [0.25, 0.3) is 0 Å². The van der Waals surface area contributed by atoms with Crippen LogP contribution in [0.4, 0.5) is 0 Å². The van der Waals surface area contributed by atoms with Gasteiger partial charge in [-0.2, -0.15) is 0 Å². The topological polar surface area (TPSA) is 0 Å². The minimum Gasteiger partial charge on any atom is -0.0776 e. The molecule has 0 aliphatic carbocycles. The van der Waals surface area contributed by atoms with E-state index in [0.29, 0.717) is 5.92 Å². The summed E-state index contributed by atoms with van der Waals surface area (Å²) in [6.07, 6.45) is 5.17. The van der Waals surface area contributed by atoms with E-state index in [1.807, 2.05) is 0 Å². The van der Waals surface area contributed by atoms with Crippen LogP contribution < -0.4 is 0 Å². The molecule has 1 rings (SSSR count). The van der Waals surface area contributed by atoms with Crippen LogP contribution in [-0.4, -0.2) is 0 Å². The summed E-state index contributed by atoms with van der Waals surface area (Å²) in [5.74, 6) is 1.59. The third-order valence-corrected chi connectivity index (χ3v) is 3.30. The molecule has 160 valence electrons. The Balaban J connectivity index is -0.0000000286. The molecule has 1 unspecified atom stereocenters. The van der Waals surface area contributed by atoms with E-state index in [2.05, 4.69) is 78.8 Å². The van der Waals surface area contributed by atoms with E-state index in [1.54, 1.807) is 0 Å². The summed E-state index contributed by atoms with van der Waals surface area (Å²) in [5.41, 5.74) is 1.45. The first kappa shape index (κ1) is 49.6. The van der Waals surface area contributed by atoms with Gasteiger partial charge >= 0.3 is 0 Å². The molecule has 0 heteroatoms. The van der Waals surface area contributed by atoms with Crippen LogP contribution in [-0.2, 0) is 0 Å². The summed E-state index contributed by atoms with van der Waals surface area (Å²) in [6.45, 7) is 15.5. The zero-order valence-electron chi connectivity index (χ0n) is 14.4. The molecule has 0 bridgehead atoms. The quantitative estimate of drug-likeness (QED) is 0.500. The molecule has 0 saturated heterocycles. The monoisotopic (exact) mass is 360 g/mol. The molecule has 0 N–H and O–H groups in total. The summed E-state index contributed by atoms with van der Waals surface area (Å²) in [5, 5.41) is 0. The Morgan fingerprint density at radius 3 is 1.12 bits per heavy atom. The second-order valence-electron chi connectivity index (χ2n) is 5.52. The van der Waals surface area contributed by atoms with E-state index < -0.39 is 0 Å². The van der Waals surface area contributed by atoms with Gasteiger partial charge in [0.2, 0.25) is 0 Å². The average molecular weight is 361 g/mol. The predicted octanol–water partition coefficient (Wildman–Crippen LogP) is 10.9. The lowest BCUT2D eigenvalue weighted by Gasteiger charge is -2.06. The zero-order chi connectivity index (χ0) is 15.1. The second kappa shape index (κ2) is 38.7. The maximum absolute atomic E-state index is 2.26. The van der Waals surface area contributed by atoms with Gasteiger partial charge in [-0.05, 0) is 23.8 Å². The molecule has 0 aromatic heterocycles. The van der Waals surface area contributed by atoms with Crippen molar-refractivity contribution in [1.82, 2.24) is 0 Å². The fraction of sp³-hybridized carbons (Fsp3) is 0.760. The molecule has 0 radical (unpaired) electrons. The van der Waals surface area contributed by atoms with E-state index >= 15 is 0 Å². The van der Waals surface area contributed by atoms with Crippen LogP contribution in [0.2, 0.25) is 0 Å². The van der Waals surface area contributed by atoms with Gasteiger partial charge in [0.1, 0.15) is 0 Å². The first-order chi connectivity index (χ1) is 9.03. The fourth-order valence-electron chi connectivity index (χ4n) is 1.02. The molecular weight excluding hydrogens is 300 g/mol. The lowest BCUT2D eigenvalue weighted by atomic mass is 9.99. The van der Waals surface area contributed by atoms with Gasteiger partial charge in [0, 0.05) is 0 Å². The molecule has 0 saturated carbocycles. The molecule has 0 heterocycles. The normalized spacial score (nSPS) is 8.32. The molecule has 0 aliphatic heterocycles. The van der Waals surface area contributed by atoms with E-state index in [1.165, 1.54) is 31.2 Å². The van der Waals surface area contributed by atoms with E-state index in [4.69, 9.17) is 0 Å². The molecule has 1 aromatic rings. The molecule has 25 heavy (non-hydrogen) atoms. The van der Waals surface area contributed by atoms with Crippen molar-refractivity contribution in [1.29, 1.82) is 0 Å². The lowest BCUT2D eigenvalue weighted by Crippen LogP contribution is -1.88. The van der Waals surface area contributed by atoms with Crippen molar-refractivity contribution < 1.29 is 0 Å². The number of hydrogen-bond acceptors (Lipinski definition) is 0. The van der Waals surface area contributed by atoms with Crippen LogP contribution in [0.15, 0.2) is 30.3 Å². The van der Waals surface area contributed by atoms with E-state index in [-0.39, 0.29) is 44.6 Å². The Hall–Kier alpha value is -0.780. The maximum Gasteiger partial charge on any atom is -0.0193 e. The number of hydrogen-bond donors (Lipinski definition) is 0. The average Bonchev–Trinajstić information content (AvgIpc) is 2.48. The van der Waals surface area contributed by atoms with Crippen LogP contribution in [0.25, 0.3) is 0 Å². The molecule has 0 fully saturated rings. The van der Waals surface area contributed by atoms with Gasteiger partial charge < -0.3 is 0 Å². The van der Waals surface area contributed by atoms with Gasteiger partial charge in [-0.3, -0.25) is 0 Å². The van der Waals surface area contributed by atoms with Crippen molar-refractivity contribution >= 4 is 0 Å². The molecule has 0 nitrogen and oxygen atoms in total. The Labute approximate surface area is 166 Å². The first-order valence-electron chi connectivity index (χ1n) is 8.08. The van der Waals surface area contributed by atoms with Crippen molar-refractivity contribution in [3.05, 3.63) is 35.9 Å². The van der Waals surface area contributed by atoms with Crippen molar-refractivity contribution in [3.8, 4) is 0 Å². The highest BCUT2D eigenvalue weighted by atomic mass is 14.0. The van der Waals surface area contributed by atoms with Crippen LogP contribution in [0.1, 0.15) is 130 Å². The van der Waals surface area contributed by atoms with Crippen LogP contribution in [0.3, 0.4) is 0 Å². The lowest BCUT2D eigenvalue weighted by molar-refractivity contribution is 0.626. The Bertz CT molecular complexity index is 246. The van der Waals surface area contributed by atoms with Gasteiger partial charge in [0.15, 0.2) is 0 Å². The van der Waals surface area contributed by atoms with Crippen molar-refractivity contribution in [2.24, 2.45) is 5.92 Å². The number of benzene rings is 1. The van der Waals surface area contributed by atoms with Crippen molar-refractivity contribution in [3.63, 3.8) is 0 Å². The molecular formula is C25H60. The third-order valence-electron chi connectivity index (χ3n) is 3.30. The van der Waals surface area contributed by atoms with Crippen molar-refractivity contribution in [2.75, 3.05) is 0 Å². The highest BCUT2D eigenvalue weighted by Crippen LogP contribution is 2.16. The standard InChI is InChI=1S/C10H14.C5H12.C4H10.6CH4/c1-3-9(2)10-7-5-4-6-8-10;1-4-5(2)3;1-3-4-2;;;;;;/h4-9H,3H2,1-2H3;5H,4H2,1-3H3;3-4H2,1-2H3;6*1H4. The van der Waals surface area contributed by atoms with Gasteiger partial charge in [-0.1, -0.05) is 143 Å². The largest absolute Gasteiger partial charge is 0.0776 e. The summed E-state index contributed by atoms with van der Waals surface area (Å²) < 4.78 is 0. The van der Waals surface area contributed by atoms with Crippen LogP contribution >= 0.6 is 0 Å². The van der Waals surface area contributed by atoms with Crippen LogP contribution in [0.5, 0.6) is 0 Å². The second-order valence-corrected chi connectivity index (χ2v) is 5.52. The Morgan fingerprint density at radius 2 is 0.920 bits per heavy atom. The third kappa shape index (κ3) is 39.7. The van der Waals surface area contributed by atoms with E-state index in [0.717, 1.165) is 5.92 Å². The number of unbranched alkanes of at least 4 members (excludes halogenated alkanes) is 1. The molecule has 0 amide bonds. The number of rotatable bonds is 4. The molecule has 1 aromatic carbocycles. The summed E-state index contributed by atoms with van der Waals surface area (Å²) in [4.78, 5) is 0. The SMILES string of the molecule is C.C.C.C.C.C.CCC(C)C.CCC(C)c1ccccc1.CCCC. The summed E-state index contributed by atoms with van der Waals surface area (Å²) in [7, 11) is 0. The Kier molecular flexibility index (Phi) is 76.8. The minimum absolute atomic E-state index is 0. The van der Waals surface area contributed by atoms with Gasteiger partial charge in [-0.25, -0.2) is 0 Å². The maximum atomic E-state index is 2.26. The van der Waals surface area contributed by atoms with E-state index in [9.17, 15) is 0 Å². The highest BCUT2D eigenvalue weighted by Gasteiger charge is 1.98. The molecule has 1 atom stereocenters. The Morgan fingerprint density at radius 1 is 0.600 bits per heavy atom. The summed E-state index contributed by atoms with van der Waals surface area (Å²) in [6, 6.07) is 10.6. The summed E-state index contributed by atoms with van der Waals surface area (Å²) >= 11 is 0. The minimum atomic E-state index is 0.